The molecule has 0 aliphatic carbocycles. The van der Waals surface area contributed by atoms with Crippen LogP contribution >= 0.6 is 0 Å². The largest absolute Gasteiger partial charge is 0.496 e. The first-order chi connectivity index (χ1) is 19.8. The number of rotatable bonds is 8. The maximum Gasteiger partial charge on any atom is 0.407 e. The van der Waals surface area contributed by atoms with E-state index in [2.05, 4.69) is 5.32 Å². The summed E-state index contributed by atoms with van der Waals surface area (Å²) in [5, 5.41) is 13.7. The fourth-order valence-corrected chi connectivity index (χ4v) is 5.46. The van der Waals surface area contributed by atoms with Crippen molar-refractivity contribution in [1.82, 2.24) is 10.2 Å². The van der Waals surface area contributed by atoms with Gasteiger partial charge in [0.25, 0.3) is 5.91 Å². The third kappa shape index (κ3) is 6.30. The molecule has 0 aromatic heterocycles. The van der Waals surface area contributed by atoms with E-state index in [9.17, 15) is 32.7 Å². The molecule has 2 atom stereocenters. The van der Waals surface area contributed by atoms with Crippen LogP contribution in [0.4, 0.5) is 16.2 Å². The van der Waals surface area contributed by atoms with E-state index in [1.54, 1.807) is 30.3 Å². The van der Waals surface area contributed by atoms with Gasteiger partial charge in [-0.15, -0.1) is 0 Å². The highest BCUT2D eigenvalue weighted by molar-refractivity contribution is 7.91. The zero-order valence-corrected chi connectivity index (χ0v) is 24.4. The number of carbonyl (C=O) groups is 4. The summed E-state index contributed by atoms with van der Waals surface area (Å²) in [6.45, 7) is 0.985. The number of ether oxygens (including phenoxy) is 1. The molecular weight excluding hydrogens is 564 g/mol. The number of carbonyl (C=O) groups excluding carboxylic acids is 3. The number of hydrogen-bond acceptors (Lipinski definition) is 7. The molecule has 13 heteroatoms. The lowest BCUT2D eigenvalue weighted by Gasteiger charge is -2.28. The zero-order chi connectivity index (χ0) is 30.8. The molecule has 0 fully saturated rings. The summed E-state index contributed by atoms with van der Waals surface area (Å²) < 4.78 is 29.8. The number of carboxylic acid groups (broad SMARTS) is 1. The van der Waals surface area contributed by atoms with Crippen LogP contribution in [0.15, 0.2) is 60.7 Å². The first kappa shape index (κ1) is 30.3. The van der Waals surface area contributed by atoms with Gasteiger partial charge in [0.1, 0.15) is 23.6 Å². The summed E-state index contributed by atoms with van der Waals surface area (Å²) in [6.07, 6.45) is -0.409. The average Bonchev–Trinajstić information content (AvgIpc) is 3.06. The molecule has 0 bridgehead atoms. The minimum absolute atomic E-state index is 0.00850. The molecular formula is C29H32N4O8S. The molecule has 42 heavy (non-hydrogen) atoms. The number of anilines is 2. The Morgan fingerprint density at radius 3 is 2.36 bits per heavy atom. The predicted octanol–water partition coefficient (Wildman–Crippen LogP) is 2.26. The molecule has 2 N–H and O–H groups in total. The van der Waals surface area contributed by atoms with Crippen molar-refractivity contribution in [1.29, 1.82) is 0 Å². The lowest BCUT2D eigenvalue weighted by molar-refractivity contribution is -0.130. The van der Waals surface area contributed by atoms with Gasteiger partial charge in [-0.05, 0) is 35.9 Å². The van der Waals surface area contributed by atoms with E-state index in [0.717, 1.165) is 21.9 Å². The predicted molar refractivity (Wildman–Crippen MR) is 157 cm³/mol. The second-order valence-electron chi connectivity index (χ2n) is 10.1. The molecule has 1 aliphatic rings. The highest BCUT2D eigenvalue weighted by Gasteiger charge is 2.39. The smallest absolute Gasteiger partial charge is 0.407 e. The van der Waals surface area contributed by atoms with Crippen LogP contribution in [0, 0.1) is 0 Å². The van der Waals surface area contributed by atoms with Crippen LogP contribution in [0.3, 0.4) is 0 Å². The Bertz CT molecular complexity index is 1660. The van der Waals surface area contributed by atoms with Gasteiger partial charge >= 0.3 is 6.09 Å². The number of benzene rings is 3. The Morgan fingerprint density at radius 2 is 1.71 bits per heavy atom. The average molecular weight is 597 g/mol. The first-order valence-corrected chi connectivity index (χ1v) is 15.1. The molecule has 0 unspecified atom stereocenters. The van der Waals surface area contributed by atoms with E-state index in [4.69, 9.17) is 4.74 Å². The number of likely N-dealkylation sites (N-methyl/N-ethyl adjacent to an activating group) is 1. The topological polar surface area (TPSA) is 154 Å². The Labute approximate surface area is 243 Å². The van der Waals surface area contributed by atoms with Gasteiger partial charge in [-0.2, -0.15) is 0 Å². The summed E-state index contributed by atoms with van der Waals surface area (Å²) in [5.74, 6) is -2.42. The van der Waals surface area contributed by atoms with Gasteiger partial charge in [0.2, 0.25) is 11.8 Å². The van der Waals surface area contributed by atoms with E-state index in [-0.39, 0.29) is 18.8 Å². The SMILES string of the molecule is COc1ccc2ccccc2c1CN1C(=O)[C@@H](NC(=O)[C@H](C)N(C)C(=O)O)CN(C(=O)CS(C)(=O)=O)c2ccccc21. The van der Waals surface area contributed by atoms with Crippen LogP contribution < -0.4 is 19.9 Å². The Hall–Kier alpha value is -4.65. The minimum Gasteiger partial charge on any atom is -0.496 e. The Balaban J connectivity index is 1.85. The summed E-state index contributed by atoms with van der Waals surface area (Å²) in [7, 11) is -1.00. The van der Waals surface area contributed by atoms with Crippen LogP contribution in [0.5, 0.6) is 5.75 Å². The zero-order valence-electron chi connectivity index (χ0n) is 23.6. The summed E-state index contributed by atoms with van der Waals surface area (Å²) in [6, 6.07) is 15.3. The van der Waals surface area contributed by atoms with Gasteiger partial charge in [-0.1, -0.05) is 42.5 Å². The van der Waals surface area contributed by atoms with Gasteiger partial charge in [0.15, 0.2) is 9.84 Å². The van der Waals surface area contributed by atoms with Crippen LogP contribution in [0.2, 0.25) is 0 Å². The molecule has 12 nitrogen and oxygen atoms in total. The number of nitrogens with zero attached hydrogens (tertiary/aromatic N) is 3. The van der Waals surface area contributed by atoms with Crippen molar-refractivity contribution in [2.45, 2.75) is 25.6 Å². The van der Waals surface area contributed by atoms with Gasteiger partial charge in [0.05, 0.1) is 31.6 Å². The van der Waals surface area contributed by atoms with Crippen LogP contribution in [-0.2, 0) is 30.8 Å². The van der Waals surface area contributed by atoms with Crippen LogP contribution in [-0.4, -0.2) is 87.0 Å². The molecule has 222 valence electrons. The van der Waals surface area contributed by atoms with E-state index in [1.807, 2.05) is 30.3 Å². The highest BCUT2D eigenvalue weighted by atomic mass is 32.2. The molecule has 4 rings (SSSR count). The van der Waals surface area contributed by atoms with Gasteiger partial charge in [-0.3, -0.25) is 19.3 Å². The van der Waals surface area contributed by atoms with E-state index >= 15 is 0 Å². The number of sulfone groups is 1. The quantitative estimate of drug-likeness (QED) is 0.402. The van der Waals surface area contributed by atoms with Crippen LogP contribution in [0.1, 0.15) is 12.5 Å². The number of para-hydroxylation sites is 2. The molecule has 1 aliphatic heterocycles. The second-order valence-corrected chi connectivity index (χ2v) is 12.2. The fourth-order valence-electron chi connectivity index (χ4n) is 4.86. The number of fused-ring (bicyclic) bond motifs is 2. The molecule has 0 spiro atoms. The molecule has 0 saturated heterocycles. The monoisotopic (exact) mass is 596 g/mol. The second kappa shape index (κ2) is 12.1. The van der Waals surface area contributed by atoms with E-state index < -0.39 is 51.5 Å². The standard InChI is InChI=1S/C29H32N4O8S/c1-18(31(2)29(37)38)27(35)30-22-16-32(26(34)17-42(4,39)40)23-11-7-8-12-24(23)33(28(22)36)15-21-20-10-6-5-9-19(20)13-14-25(21)41-3/h5-14,18,22H,15-17H2,1-4H3,(H,30,35)(H,37,38)/t18-,22-/m0/s1. The van der Waals surface area contributed by atoms with Gasteiger partial charge in [0, 0.05) is 18.9 Å². The normalized spacial score (nSPS) is 15.9. The Kier molecular flexibility index (Phi) is 8.71. The van der Waals surface area contributed by atoms with Gasteiger partial charge in [-0.25, -0.2) is 13.2 Å². The summed E-state index contributed by atoms with van der Waals surface area (Å²) in [4.78, 5) is 55.5. The highest BCUT2D eigenvalue weighted by Crippen LogP contribution is 2.37. The van der Waals surface area contributed by atoms with Crippen molar-refractivity contribution in [2.75, 3.05) is 42.5 Å². The van der Waals surface area contributed by atoms with Crippen molar-refractivity contribution >= 4 is 55.8 Å². The fraction of sp³-hybridized carbons (Fsp3) is 0.310. The number of nitrogens with one attached hydrogen (secondary N) is 1. The van der Waals surface area contributed by atoms with Crippen molar-refractivity contribution < 1.29 is 37.4 Å². The number of hydrogen-bond donors (Lipinski definition) is 2. The van der Waals surface area contributed by atoms with Crippen molar-refractivity contribution in [3.05, 3.63) is 66.2 Å². The van der Waals surface area contributed by atoms with Crippen LogP contribution in [0.25, 0.3) is 10.8 Å². The lowest BCUT2D eigenvalue weighted by Crippen LogP contribution is -2.57. The first-order valence-electron chi connectivity index (χ1n) is 13.0. The third-order valence-electron chi connectivity index (χ3n) is 7.19. The molecule has 3 aromatic carbocycles. The molecule has 3 aromatic rings. The van der Waals surface area contributed by atoms with Crippen molar-refractivity contribution in [3.63, 3.8) is 0 Å². The Morgan fingerprint density at radius 1 is 1.07 bits per heavy atom. The van der Waals surface area contributed by atoms with Crippen molar-refractivity contribution in [3.8, 4) is 5.75 Å². The summed E-state index contributed by atoms with van der Waals surface area (Å²) >= 11 is 0. The molecule has 4 amide bonds. The minimum atomic E-state index is -3.74. The van der Waals surface area contributed by atoms with E-state index in [1.165, 1.54) is 30.9 Å². The molecule has 0 saturated carbocycles. The molecule has 0 radical (unpaired) electrons. The third-order valence-corrected chi connectivity index (χ3v) is 7.96. The number of methoxy groups -OCH3 is 1. The van der Waals surface area contributed by atoms with Crippen molar-refractivity contribution in [2.24, 2.45) is 0 Å². The summed E-state index contributed by atoms with van der Waals surface area (Å²) in [5.41, 5.74) is 1.29. The maximum atomic E-state index is 14.2. The molecule has 1 heterocycles. The van der Waals surface area contributed by atoms with E-state index in [0.29, 0.717) is 17.0 Å². The number of amides is 4. The lowest BCUT2D eigenvalue weighted by atomic mass is 10.0. The van der Waals surface area contributed by atoms with Gasteiger partial charge < -0.3 is 25.0 Å². The maximum absolute atomic E-state index is 14.2.